The molecule has 0 saturated heterocycles. The van der Waals surface area contributed by atoms with Crippen molar-refractivity contribution in [3.05, 3.63) is 52.7 Å². The first-order valence-electron chi connectivity index (χ1n) is 8.35. The number of fused-ring (bicyclic) bond motifs is 1. The Kier molecular flexibility index (Phi) is 4.45. The van der Waals surface area contributed by atoms with E-state index in [4.69, 9.17) is 9.52 Å². The largest absolute Gasteiger partial charge is 0.478 e. The molecule has 0 atom stereocenters. The maximum atomic E-state index is 11.1. The lowest BCUT2D eigenvalue weighted by Crippen LogP contribution is -2.26. The van der Waals surface area contributed by atoms with Crippen LogP contribution in [0.2, 0.25) is 0 Å². The van der Waals surface area contributed by atoms with Crippen molar-refractivity contribution >= 4 is 5.97 Å². The summed E-state index contributed by atoms with van der Waals surface area (Å²) in [4.78, 5) is 18.1. The molecule has 0 saturated carbocycles. The van der Waals surface area contributed by atoms with E-state index >= 15 is 0 Å². The number of aromatic nitrogens is 1. The van der Waals surface area contributed by atoms with Crippen molar-refractivity contribution in [2.75, 3.05) is 13.1 Å². The summed E-state index contributed by atoms with van der Waals surface area (Å²) in [6, 6.07) is 5.45. The third kappa shape index (κ3) is 3.67. The van der Waals surface area contributed by atoms with Crippen molar-refractivity contribution in [2.45, 2.75) is 45.6 Å². The molecule has 0 fully saturated rings. The summed E-state index contributed by atoms with van der Waals surface area (Å²) >= 11 is 0. The zero-order valence-electron chi connectivity index (χ0n) is 14.5. The van der Waals surface area contributed by atoms with Crippen LogP contribution in [0.3, 0.4) is 0 Å². The van der Waals surface area contributed by atoms with Crippen LogP contribution >= 0.6 is 0 Å². The number of carboxylic acid groups (broad SMARTS) is 1. The standard InChI is InChI=1S/C19H24N2O3/c1-19(2,3)16-12-24-17(20-16)11-21-8-6-13-4-5-15(18(22)23)10-14(13)7-9-21/h4-5,10,12H,6-9,11H2,1-3H3,(H,22,23). The Hall–Kier alpha value is -2.14. The van der Waals surface area contributed by atoms with Gasteiger partial charge in [0.15, 0.2) is 0 Å². The lowest BCUT2D eigenvalue weighted by molar-refractivity contribution is 0.0696. The fraction of sp³-hybridized carbons (Fsp3) is 0.474. The number of hydrogen-bond acceptors (Lipinski definition) is 4. The van der Waals surface area contributed by atoms with Gasteiger partial charge >= 0.3 is 5.97 Å². The highest BCUT2D eigenvalue weighted by molar-refractivity contribution is 5.87. The highest BCUT2D eigenvalue weighted by Crippen LogP contribution is 2.23. The lowest BCUT2D eigenvalue weighted by Gasteiger charge is -2.17. The second-order valence-electron chi connectivity index (χ2n) is 7.44. The minimum atomic E-state index is -0.867. The van der Waals surface area contributed by atoms with Crippen molar-refractivity contribution in [1.29, 1.82) is 0 Å². The molecule has 5 heteroatoms. The second kappa shape index (κ2) is 6.40. The van der Waals surface area contributed by atoms with Gasteiger partial charge in [0.25, 0.3) is 0 Å². The van der Waals surface area contributed by atoms with Crippen LogP contribution in [-0.4, -0.2) is 34.0 Å². The maximum absolute atomic E-state index is 11.1. The molecule has 24 heavy (non-hydrogen) atoms. The predicted molar refractivity (Wildman–Crippen MR) is 91.3 cm³/mol. The third-order valence-electron chi connectivity index (χ3n) is 4.53. The Labute approximate surface area is 142 Å². The van der Waals surface area contributed by atoms with Gasteiger partial charge in [0.2, 0.25) is 5.89 Å². The van der Waals surface area contributed by atoms with E-state index in [-0.39, 0.29) is 5.41 Å². The van der Waals surface area contributed by atoms with Crippen LogP contribution in [0.4, 0.5) is 0 Å². The fourth-order valence-corrected chi connectivity index (χ4v) is 2.98. The predicted octanol–water partition coefficient (Wildman–Crippen LogP) is 3.27. The van der Waals surface area contributed by atoms with E-state index in [1.165, 1.54) is 5.56 Å². The molecule has 0 radical (unpaired) electrons. The average Bonchev–Trinajstić information content (AvgIpc) is 2.90. The SMILES string of the molecule is CC(C)(C)c1coc(CN2CCc3ccc(C(=O)O)cc3CC2)n1. The molecule has 1 aromatic heterocycles. The first-order valence-corrected chi connectivity index (χ1v) is 8.35. The van der Waals surface area contributed by atoms with Crippen LogP contribution in [0, 0.1) is 0 Å². The molecule has 1 aliphatic heterocycles. The molecular formula is C19H24N2O3. The van der Waals surface area contributed by atoms with E-state index in [0.717, 1.165) is 43.1 Å². The summed E-state index contributed by atoms with van der Waals surface area (Å²) in [5, 5.41) is 9.14. The Morgan fingerprint density at radius 1 is 1.25 bits per heavy atom. The van der Waals surface area contributed by atoms with Crippen LogP contribution in [0.5, 0.6) is 0 Å². The van der Waals surface area contributed by atoms with Gasteiger partial charge in [0.05, 0.1) is 17.8 Å². The number of benzene rings is 1. The molecule has 2 aromatic rings. The molecule has 0 amide bonds. The zero-order valence-corrected chi connectivity index (χ0v) is 14.5. The van der Waals surface area contributed by atoms with E-state index in [9.17, 15) is 4.79 Å². The number of oxazole rings is 1. The zero-order chi connectivity index (χ0) is 17.3. The monoisotopic (exact) mass is 328 g/mol. The molecule has 128 valence electrons. The molecule has 3 rings (SSSR count). The molecule has 5 nitrogen and oxygen atoms in total. The van der Waals surface area contributed by atoms with E-state index in [1.807, 2.05) is 12.1 Å². The highest BCUT2D eigenvalue weighted by atomic mass is 16.4. The smallest absolute Gasteiger partial charge is 0.335 e. The summed E-state index contributed by atoms with van der Waals surface area (Å²) in [5.41, 5.74) is 3.71. The molecule has 1 aromatic carbocycles. The van der Waals surface area contributed by atoms with Crippen LogP contribution in [0.15, 0.2) is 28.9 Å². The average molecular weight is 328 g/mol. The number of nitrogens with zero attached hydrogens (tertiary/aromatic N) is 2. The quantitative estimate of drug-likeness (QED) is 0.936. The van der Waals surface area contributed by atoms with Gasteiger partial charge in [-0.2, -0.15) is 0 Å². The van der Waals surface area contributed by atoms with Gasteiger partial charge < -0.3 is 9.52 Å². The highest BCUT2D eigenvalue weighted by Gasteiger charge is 2.21. The van der Waals surface area contributed by atoms with Crippen LogP contribution in [-0.2, 0) is 24.8 Å². The van der Waals surface area contributed by atoms with E-state index in [2.05, 4.69) is 30.7 Å². The molecule has 0 unspecified atom stereocenters. The van der Waals surface area contributed by atoms with Crippen molar-refractivity contribution in [3.63, 3.8) is 0 Å². The summed E-state index contributed by atoms with van der Waals surface area (Å²) in [6.45, 7) is 8.86. The first-order chi connectivity index (χ1) is 11.3. The Morgan fingerprint density at radius 3 is 2.58 bits per heavy atom. The number of rotatable bonds is 3. The van der Waals surface area contributed by atoms with Crippen LogP contribution < -0.4 is 0 Å². The maximum Gasteiger partial charge on any atom is 0.335 e. The molecule has 2 heterocycles. The summed E-state index contributed by atoms with van der Waals surface area (Å²) < 4.78 is 5.63. The minimum Gasteiger partial charge on any atom is -0.478 e. The fourth-order valence-electron chi connectivity index (χ4n) is 2.98. The Balaban J connectivity index is 1.68. The van der Waals surface area contributed by atoms with Crippen molar-refractivity contribution in [3.8, 4) is 0 Å². The number of carboxylic acids is 1. The van der Waals surface area contributed by atoms with E-state index in [1.54, 1.807) is 12.3 Å². The van der Waals surface area contributed by atoms with Crippen molar-refractivity contribution < 1.29 is 14.3 Å². The van der Waals surface area contributed by atoms with Gasteiger partial charge in [0, 0.05) is 18.5 Å². The number of aromatic carboxylic acids is 1. The topological polar surface area (TPSA) is 66.6 Å². The van der Waals surface area contributed by atoms with Crippen LogP contribution in [0.1, 0.15) is 53.8 Å². The first kappa shape index (κ1) is 16.7. The molecular weight excluding hydrogens is 304 g/mol. The Morgan fingerprint density at radius 2 is 1.96 bits per heavy atom. The summed E-state index contributed by atoms with van der Waals surface area (Å²) in [7, 11) is 0. The molecule has 1 N–H and O–H groups in total. The van der Waals surface area contributed by atoms with Gasteiger partial charge in [0.1, 0.15) is 6.26 Å². The minimum absolute atomic E-state index is 0.00991. The number of hydrogen-bond donors (Lipinski definition) is 1. The van der Waals surface area contributed by atoms with Gasteiger partial charge in [-0.1, -0.05) is 26.8 Å². The van der Waals surface area contributed by atoms with Gasteiger partial charge in [-0.25, -0.2) is 9.78 Å². The van der Waals surface area contributed by atoms with Crippen molar-refractivity contribution in [1.82, 2.24) is 9.88 Å². The number of carbonyl (C=O) groups is 1. The molecule has 0 aliphatic carbocycles. The van der Waals surface area contributed by atoms with Crippen molar-refractivity contribution in [2.24, 2.45) is 0 Å². The summed E-state index contributed by atoms with van der Waals surface area (Å²) in [5.74, 6) is -0.120. The van der Waals surface area contributed by atoms with Gasteiger partial charge in [-0.05, 0) is 36.1 Å². The van der Waals surface area contributed by atoms with E-state index in [0.29, 0.717) is 12.1 Å². The summed E-state index contributed by atoms with van der Waals surface area (Å²) in [6.07, 6.45) is 3.52. The third-order valence-corrected chi connectivity index (χ3v) is 4.53. The molecule has 0 spiro atoms. The Bertz CT molecular complexity index is 743. The van der Waals surface area contributed by atoms with Crippen LogP contribution in [0.25, 0.3) is 0 Å². The molecule has 1 aliphatic rings. The normalized spacial score (nSPS) is 15.8. The second-order valence-corrected chi connectivity index (χ2v) is 7.44. The lowest BCUT2D eigenvalue weighted by atomic mass is 9.93. The van der Waals surface area contributed by atoms with Gasteiger partial charge in [-0.3, -0.25) is 4.90 Å². The molecule has 0 bridgehead atoms. The van der Waals surface area contributed by atoms with Gasteiger partial charge in [-0.15, -0.1) is 0 Å². The van der Waals surface area contributed by atoms with E-state index < -0.39 is 5.97 Å².